The first-order chi connectivity index (χ1) is 14.3. The third-order valence-corrected chi connectivity index (χ3v) is 5.42. The number of carbonyl (C=O) groups is 2. The Labute approximate surface area is 174 Å². The highest BCUT2D eigenvalue weighted by molar-refractivity contribution is 7.17. The Kier molecular flexibility index (Phi) is 5.98. The van der Waals surface area contributed by atoms with Crippen molar-refractivity contribution in [2.24, 2.45) is 0 Å². The molecular weight excluding hydrogens is 412 g/mol. The fourth-order valence-electron chi connectivity index (χ4n) is 2.79. The molecule has 0 aliphatic rings. The number of nitro groups is 1. The number of nitrogens with one attached hydrogen (secondary N) is 1. The zero-order valence-corrected chi connectivity index (χ0v) is 16.8. The van der Waals surface area contributed by atoms with E-state index < -0.39 is 23.4 Å². The number of anilines is 1. The number of aromatic nitrogens is 1. The Hall–Kier alpha value is -3.91. The fourth-order valence-corrected chi connectivity index (χ4v) is 3.51. The number of amides is 1. The van der Waals surface area contributed by atoms with Crippen LogP contribution in [-0.2, 0) is 16.1 Å². The van der Waals surface area contributed by atoms with Gasteiger partial charge in [0.25, 0.3) is 5.91 Å². The lowest BCUT2D eigenvalue weighted by molar-refractivity contribution is -0.380. The van der Waals surface area contributed by atoms with E-state index in [9.17, 15) is 25.0 Å². The van der Waals surface area contributed by atoms with Crippen molar-refractivity contribution in [3.8, 4) is 6.07 Å². The van der Waals surface area contributed by atoms with Crippen molar-refractivity contribution in [3.63, 3.8) is 0 Å². The number of carbonyl (C=O) groups excluding carboxylic acids is 2. The van der Waals surface area contributed by atoms with Gasteiger partial charge in [0.15, 0.2) is 6.61 Å². The van der Waals surface area contributed by atoms with Crippen LogP contribution in [0.25, 0.3) is 0 Å². The van der Waals surface area contributed by atoms with Crippen LogP contribution in [0.15, 0.2) is 34.9 Å². The van der Waals surface area contributed by atoms with Crippen LogP contribution in [-0.4, -0.2) is 28.0 Å². The number of ether oxygens (including phenoxy) is 1. The molecule has 0 aliphatic heterocycles. The van der Waals surface area contributed by atoms with Gasteiger partial charge in [0.05, 0.1) is 23.3 Å². The van der Waals surface area contributed by atoms with E-state index in [1.54, 1.807) is 23.6 Å². The molecule has 0 fully saturated rings. The first kappa shape index (κ1) is 20.8. The summed E-state index contributed by atoms with van der Waals surface area (Å²) < 4.78 is 12.0. The summed E-state index contributed by atoms with van der Waals surface area (Å²) in [6.45, 7) is 3.28. The van der Waals surface area contributed by atoms with Crippen LogP contribution in [0.2, 0.25) is 0 Å². The van der Waals surface area contributed by atoms with Crippen LogP contribution in [0.3, 0.4) is 0 Å². The van der Waals surface area contributed by atoms with E-state index in [0.717, 1.165) is 5.69 Å². The molecule has 0 aliphatic carbocycles. The molecular formula is C19H16N4O6S. The molecule has 1 N–H and O–H groups in total. The van der Waals surface area contributed by atoms with E-state index in [0.29, 0.717) is 34.8 Å². The molecule has 3 rings (SSSR count). The minimum atomic E-state index is -0.845. The molecule has 30 heavy (non-hydrogen) atoms. The van der Waals surface area contributed by atoms with Crippen molar-refractivity contribution in [1.29, 1.82) is 5.26 Å². The van der Waals surface area contributed by atoms with Crippen molar-refractivity contribution >= 4 is 34.0 Å². The number of nitriles is 1. The Balaban J connectivity index is 1.72. The van der Waals surface area contributed by atoms with Gasteiger partial charge in [-0.25, -0.2) is 4.79 Å². The highest BCUT2D eigenvalue weighted by Crippen LogP contribution is 2.28. The van der Waals surface area contributed by atoms with Crippen molar-refractivity contribution in [3.05, 3.63) is 68.1 Å². The first-order valence-electron chi connectivity index (χ1n) is 8.65. The summed E-state index contributed by atoms with van der Waals surface area (Å²) in [6, 6.07) is 8.04. The average molecular weight is 428 g/mol. The number of furan rings is 1. The molecule has 0 unspecified atom stereocenters. The molecule has 11 heteroatoms. The molecule has 0 aromatic carbocycles. The lowest BCUT2D eigenvalue weighted by Crippen LogP contribution is -2.23. The molecule has 0 spiro atoms. The standard InChI is InChI=1S/C19H16N4O6S/c1-11-12(2)22(9-13-4-3-7-28-13)18(14(11)8-20)21-16(24)10-29-19(25)15-5-6-17(30-15)23(26)27/h3-7H,9-10H2,1-2H3,(H,21,24). The summed E-state index contributed by atoms with van der Waals surface area (Å²) in [4.78, 5) is 34.5. The molecule has 1 amide bonds. The van der Waals surface area contributed by atoms with Crippen molar-refractivity contribution in [1.82, 2.24) is 4.57 Å². The maximum Gasteiger partial charge on any atom is 0.349 e. The van der Waals surface area contributed by atoms with Crippen molar-refractivity contribution in [2.45, 2.75) is 20.4 Å². The lowest BCUT2D eigenvalue weighted by atomic mass is 10.2. The summed E-state index contributed by atoms with van der Waals surface area (Å²) in [7, 11) is 0. The highest BCUT2D eigenvalue weighted by Gasteiger charge is 2.22. The van der Waals surface area contributed by atoms with E-state index in [1.165, 1.54) is 18.4 Å². The molecule has 0 atom stereocenters. The van der Waals surface area contributed by atoms with Crippen LogP contribution in [0.4, 0.5) is 10.8 Å². The third-order valence-electron chi connectivity index (χ3n) is 4.40. The Morgan fingerprint density at radius 2 is 2.13 bits per heavy atom. The number of thiophene rings is 1. The predicted octanol–water partition coefficient (Wildman–Crippen LogP) is 3.38. The monoisotopic (exact) mass is 428 g/mol. The molecule has 154 valence electrons. The normalized spacial score (nSPS) is 10.4. The summed E-state index contributed by atoms with van der Waals surface area (Å²) in [5.41, 5.74) is 1.79. The van der Waals surface area contributed by atoms with Gasteiger partial charge in [0.2, 0.25) is 0 Å². The van der Waals surface area contributed by atoms with Gasteiger partial charge in [-0.1, -0.05) is 11.3 Å². The molecule has 3 aromatic rings. The van der Waals surface area contributed by atoms with E-state index in [-0.39, 0.29) is 15.7 Å². The van der Waals surface area contributed by atoms with Crippen LogP contribution in [0.5, 0.6) is 0 Å². The van der Waals surface area contributed by atoms with Gasteiger partial charge in [-0.05, 0) is 37.6 Å². The van der Waals surface area contributed by atoms with E-state index in [2.05, 4.69) is 11.4 Å². The minimum absolute atomic E-state index is 0.0140. The number of rotatable bonds is 7. The minimum Gasteiger partial charge on any atom is -0.467 e. The molecule has 10 nitrogen and oxygen atoms in total. The molecule has 0 bridgehead atoms. The molecule has 3 heterocycles. The maximum absolute atomic E-state index is 12.4. The maximum atomic E-state index is 12.4. The first-order valence-corrected chi connectivity index (χ1v) is 9.46. The van der Waals surface area contributed by atoms with Gasteiger partial charge >= 0.3 is 11.0 Å². The van der Waals surface area contributed by atoms with Gasteiger partial charge in [0.1, 0.15) is 22.5 Å². The Morgan fingerprint density at radius 3 is 2.73 bits per heavy atom. The van der Waals surface area contributed by atoms with Gasteiger partial charge in [0, 0.05) is 11.8 Å². The zero-order valence-electron chi connectivity index (χ0n) is 16.0. The number of hydrogen-bond donors (Lipinski definition) is 1. The van der Waals surface area contributed by atoms with Gasteiger partial charge in [-0.3, -0.25) is 14.9 Å². The second kappa shape index (κ2) is 8.62. The second-order valence-electron chi connectivity index (χ2n) is 6.23. The largest absolute Gasteiger partial charge is 0.467 e. The number of hydrogen-bond acceptors (Lipinski definition) is 8. The summed E-state index contributed by atoms with van der Waals surface area (Å²) in [5, 5.41) is 22.6. The van der Waals surface area contributed by atoms with Crippen molar-refractivity contribution < 1.29 is 23.7 Å². The fraction of sp³-hybridized carbons (Fsp3) is 0.211. The molecule has 3 aromatic heterocycles. The van der Waals surface area contributed by atoms with Crippen molar-refractivity contribution in [2.75, 3.05) is 11.9 Å². The molecule has 0 saturated heterocycles. The summed E-state index contributed by atoms with van der Waals surface area (Å²) in [6.07, 6.45) is 1.53. The smallest absolute Gasteiger partial charge is 0.349 e. The summed E-state index contributed by atoms with van der Waals surface area (Å²) in [5.74, 6) is -0.582. The van der Waals surface area contributed by atoms with Gasteiger partial charge < -0.3 is 19.0 Å². The quantitative estimate of drug-likeness (QED) is 0.345. The molecule has 0 saturated carbocycles. The van der Waals surface area contributed by atoms with Crippen LogP contribution < -0.4 is 5.32 Å². The van der Waals surface area contributed by atoms with E-state index in [4.69, 9.17) is 9.15 Å². The van der Waals surface area contributed by atoms with Crippen LogP contribution in [0.1, 0.15) is 32.3 Å². The SMILES string of the molecule is Cc1c(C#N)c(NC(=O)COC(=O)c2ccc([N+](=O)[O-])s2)n(Cc2ccco2)c1C. The topological polar surface area (TPSA) is 140 Å². The van der Waals surface area contributed by atoms with E-state index in [1.807, 2.05) is 6.92 Å². The van der Waals surface area contributed by atoms with Gasteiger partial charge in [-0.2, -0.15) is 5.26 Å². The van der Waals surface area contributed by atoms with Gasteiger partial charge in [-0.15, -0.1) is 0 Å². The number of esters is 1. The molecule has 0 radical (unpaired) electrons. The second-order valence-corrected chi connectivity index (χ2v) is 7.29. The van der Waals surface area contributed by atoms with Crippen LogP contribution >= 0.6 is 11.3 Å². The third kappa shape index (κ3) is 4.23. The number of nitrogens with zero attached hydrogens (tertiary/aromatic N) is 3. The van der Waals surface area contributed by atoms with Crippen LogP contribution in [0, 0.1) is 35.3 Å². The average Bonchev–Trinajstić information content (AvgIpc) is 3.44. The summed E-state index contributed by atoms with van der Waals surface area (Å²) >= 11 is 0.658. The lowest BCUT2D eigenvalue weighted by Gasteiger charge is -2.12. The predicted molar refractivity (Wildman–Crippen MR) is 106 cm³/mol. The van der Waals surface area contributed by atoms with E-state index >= 15 is 0 Å². The highest BCUT2D eigenvalue weighted by atomic mass is 32.1. The Bertz CT molecular complexity index is 1150. The Morgan fingerprint density at radius 1 is 1.37 bits per heavy atom. The zero-order chi connectivity index (χ0) is 21.8.